The van der Waals surface area contributed by atoms with Crippen molar-refractivity contribution in [2.75, 3.05) is 45.8 Å². The second-order valence-electron chi connectivity index (χ2n) is 12.9. The predicted molar refractivity (Wildman–Crippen MR) is 181 cm³/mol. The van der Waals surface area contributed by atoms with Gasteiger partial charge in [-0.1, -0.05) is 37.6 Å². The van der Waals surface area contributed by atoms with Crippen LogP contribution in [0.5, 0.6) is 0 Å². The SMILES string of the molecule is CCN1CCN(C(CCCCN)C(=O)O)CCN(CC(=O)O)Cc2ccc3c4cc5c(cc4c4ccc(nc4c3n2)C1)CCCC5. The maximum absolute atomic E-state index is 12.5. The minimum atomic E-state index is -0.923. The van der Waals surface area contributed by atoms with Crippen molar-refractivity contribution in [1.82, 2.24) is 24.7 Å². The number of pyridine rings is 2. The number of carboxylic acid groups (broad SMARTS) is 2. The third-order valence-electron chi connectivity index (χ3n) is 9.83. The number of aryl methyl sites for hydroxylation is 2. The van der Waals surface area contributed by atoms with Crippen molar-refractivity contribution >= 4 is 44.5 Å². The van der Waals surface area contributed by atoms with Gasteiger partial charge >= 0.3 is 11.9 Å². The summed E-state index contributed by atoms with van der Waals surface area (Å²) in [5.41, 5.74) is 12.0. The van der Waals surface area contributed by atoms with Gasteiger partial charge in [0.1, 0.15) is 6.04 Å². The van der Waals surface area contributed by atoms with Crippen LogP contribution in [0.1, 0.15) is 61.5 Å². The van der Waals surface area contributed by atoms with Gasteiger partial charge in [-0.05, 0) is 85.6 Å². The van der Waals surface area contributed by atoms with Crippen LogP contribution in [0.4, 0.5) is 0 Å². The molecular weight excluding hydrogens is 580 g/mol. The first-order valence-electron chi connectivity index (χ1n) is 16.8. The number of aromatic nitrogens is 2. The van der Waals surface area contributed by atoms with E-state index in [1.165, 1.54) is 34.7 Å². The maximum Gasteiger partial charge on any atom is 0.320 e. The Hall–Kier alpha value is -3.70. The summed E-state index contributed by atoms with van der Waals surface area (Å²) in [6.07, 6.45) is 6.62. The van der Waals surface area contributed by atoms with Crippen molar-refractivity contribution in [1.29, 1.82) is 0 Å². The number of carbonyl (C=O) groups is 2. The van der Waals surface area contributed by atoms with E-state index in [0.717, 1.165) is 65.4 Å². The van der Waals surface area contributed by atoms with Gasteiger partial charge in [0.05, 0.1) is 29.0 Å². The molecule has 2 aliphatic rings. The van der Waals surface area contributed by atoms with Gasteiger partial charge in [0.15, 0.2) is 0 Å². The Labute approximate surface area is 270 Å². The van der Waals surface area contributed by atoms with Crippen molar-refractivity contribution in [2.24, 2.45) is 5.73 Å². The number of nitrogens with zero attached hydrogens (tertiary/aromatic N) is 5. The molecule has 0 spiro atoms. The Morgan fingerprint density at radius 1 is 0.804 bits per heavy atom. The quantitative estimate of drug-likeness (QED) is 0.181. The van der Waals surface area contributed by atoms with Gasteiger partial charge < -0.3 is 15.9 Å². The van der Waals surface area contributed by atoms with Crippen LogP contribution in [-0.4, -0.2) is 98.7 Å². The summed E-state index contributed by atoms with van der Waals surface area (Å²) >= 11 is 0. The summed E-state index contributed by atoms with van der Waals surface area (Å²) in [6, 6.07) is 12.5. The Bertz CT molecular complexity index is 1740. The van der Waals surface area contributed by atoms with Crippen LogP contribution < -0.4 is 5.73 Å². The number of aliphatic carboxylic acids is 2. The summed E-state index contributed by atoms with van der Waals surface area (Å²) in [5.74, 6) is -1.78. The highest BCUT2D eigenvalue weighted by Gasteiger charge is 2.27. The molecule has 1 atom stereocenters. The molecule has 0 amide bonds. The number of unbranched alkanes of at least 4 members (excludes halogenated alkanes) is 1. The van der Waals surface area contributed by atoms with Gasteiger partial charge in [0, 0.05) is 50.0 Å². The van der Waals surface area contributed by atoms with Crippen LogP contribution in [-0.2, 0) is 35.5 Å². The molecule has 2 aromatic heterocycles. The molecule has 46 heavy (non-hydrogen) atoms. The van der Waals surface area contributed by atoms with Crippen molar-refractivity contribution in [3.8, 4) is 0 Å². The van der Waals surface area contributed by atoms with Gasteiger partial charge in [-0.2, -0.15) is 0 Å². The molecule has 10 nitrogen and oxygen atoms in total. The minimum absolute atomic E-state index is 0.160. The Balaban J connectivity index is 1.46. The van der Waals surface area contributed by atoms with Crippen molar-refractivity contribution in [3.63, 3.8) is 0 Å². The molecule has 4 bridgehead atoms. The molecule has 10 heteroatoms. The predicted octanol–water partition coefficient (Wildman–Crippen LogP) is 4.42. The van der Waals surface area contributed by atoms with Crippen LogP contribution in [0.25, 0.3) is 32.6 Å². The molecule has 1 aliphatic heterocycles. The first-order valence-corrected chi connectivity index (χ1v) is 16.8. The van der Waals surface area contributed by atoms with Gasteiger partial charge in [-0.3, -0.25) is 24.3 Å². The Morgan fingerprint density at radius 2 is 1.37 bits per heavy atom. The lowest BCUT2D eigenvalue weighted by Crippen LogP contribution is -2.48. The minimum Gasteiger partial charge on any atom is -0.480 e. The molecule has 1 unspecified atom stereocenters. The Kier molecular flexibility index (Phi) is 10.1. The number of likely N-dealkylation sites (N-methyl/N-ethyl adjacent to an activating group) is 1. The molecule has 4 aromatic rings. The van der Waals surface area contributed by atoms with E-state index in [4.69, 9.17) is 15.7 Å². The lowest BCUT2D eigenvalue weighted by Gasteiger charge is -2.33. The van der Waals surface area contributed by atoms with E-state index in [1.54, 1.807) is 0 Å². The number of nitrogens with two attached hydrogens (primary N) is 1. The zero-order valence-corrected chi connectivity index (χ0v) is 26.9. The number of carboxylic acids is 2. The first kappa shape index (κ1) is 32.2. The third-order valence-corrected chi connectivity index (χ3v) is 9.83. The average Bonchev–Trinajstić information content (AvgIpc) is 3.05. The van der Waals surface area contributed by atoms with Crippen LogP contribution >= 0.6 is 0 Å². The maximum atomic E-state index is 12.5. The fourth-order valence-electron chi connectivity index (χ4n) is 7.32. The van der Waals surface area contributed by atoms with Crippen molar-refractivity contribution < 1.29 is 19.8 Å². The third kappa shape index (κ3) is 7.00. The van der Waals surface area contributed by atoms with Crippen molar-refractivity contribution in [3.05, 3.63) is 58.9 Å². The molecule has 0 saturated carbocycles. The lowest BCUT2D eigenvalue weighted by molar-refractivity contribution is -0.144. The highest BCUT2D eigenvalue weighted by molar-refractivity contribution is 6.23. The average molecular weight is 627 g/mol. The summed E-state index contributed by atoms with van der Waals surface area (Å²) < 4.78 is 0. The van der Waals surface area contributed by atoms with Gasteiger partial charge in [0.2, 0.25) is 0 Å². The van der Waals surface area contributed by atoms with E-state index in [0.29, 0.717) is 52.2 Å². The number of hydrogen-bond acceptors (Lipinski definition) is 8. The second-order valence-corrected chi connectivity index (χ2v) is 12.9. The summed E-state index contributed by atoms with van der Waals surface area (Å²) in [5, 5.41) is 24.6. The highest BCUT2D eigenvalue weighted by Crippen LogP contribution is 2.37. The molecule has 3 heterocycles. The van der Waals surface area contributed by atoms with Gasteiger partial charge in [-0.15, -0.1) is 0 Å². The summed E-state index contributed by atoms with van der Waals surface area (Å²) in [7, 11) is 0. The number of hydrogen-bond donors (Lipinski definition) is 3. The molecule has 4 N–H and O–H groups in total. The van der Waals surface area contributed by atoms with E-state index in [9.17, 15) is 19.8 Å². The molecular formula is C36H46N6O4. The van der Waals surface area contributed by atoms with Crippen molar-refractivity contribution in [2.45, 2.75) is 71.0 Å². The topological polar surface area (TPSA) is 136 Å². The zero-order chi connectivity index (χ0) is 32.2. The van der Waals surface area contributed by atoms with Crippen LogP contribution in [0, 0.1) is 0 Å². The summed E-state index contributed by atoms with van der Waals surface area (Å²) in [6.45, 7) is 6.30. The van der Waals surface area contributed by atoms with E-state index in [1.807, 2.05) is 15.9 Å². The molecule has 0 radical (unpaired) electrons. The second kappa shape index (κ2) is 14.4. The van der Waals surface area contributed by atoms with E-state index < -0.39 is 18.0 Å². The number of rotatable bonds is 9. The van der Waals surface area contributed by atoms with E-state index in [-0.39, 0.29) is 6.54 Å². The standard InChI is InChI=1S/C36H46N6O4/c1-2-40-15-17-42(32(36(45)46)9-5-6-14-37)18-16-41(23-33(43)44)22-27-11-13-29-31-20-25-8-4-3-7-24(25)19-30(31)28-12-10-26(21-40)38-34(28)35(29)39-27/h10-13,19-20,32H,2-9,14-18,21-23,37H2,1H3,(H,43,44)(H,45,46). The molecule has 2 aromatic carbocycles. The fraction of sp³-hybridized carbons (Fsp3) is 0.500. The molecule has 0 fully saturated rings. The molecule has 244 valence electrons. The van der Waals surface area contributed by atoms with E-state index >= 15 is 0 Å². The lowest BCUT2D eigenvalue weighted by atomic mass is 9.87. The van der Waals surface area contributed by atoms with Gasteiger partial charge in [-0.25, -0.2) is 9.97 Å². The molecule has 0 saturated heterocycles. The van der Waals surface area contributed by atoms with Crippen LogP contribution in [0.15, 0.2) is 36.4 Å². The smallest absolute Gasteiger partial charge is 0.320 e. The number of benzene rings is 2. The molecule has 1 aliphatic carbocycles. The van der Waals surface area contributed by atoms with E-state index in [2.05, 4.69) is 42.2 Å². The Morgan fingerprint density at radius 3 is 1.89 bits per heavy atom. The van der Waals surface area contributed by atoms with Crippen LogP contribution in [0.2, 0.25) is 0 Å². The first-order chi connectivity index (χ1) is 22.3. The number of fused-ring (bicyclic) bond motifs is 6. The highest BCUT2D eigenvalue weighted by atomic mass is 16.4. The summed E-state index contributed by atoms with van der Waals surface area (Å²) in [4.78, 5) is 41.1. The fourth-order valence-corrected chi connectivity index (χ4v) is 7.32. The largest absolute Gasteiger partial charge is 0.480 e. The zero-order valence-electron chi connectivity index (χ0n) is 26.9. The normalized spacial score (nSPS) is 17.9. The van der Waals surface area contributed by atoms with Gasteiger partial charge in [0.25, 0.3) is 0 Å². The molecule has 6 rings (SSSR count). The monoisotopic (exact) mass is 626 g/mol. The van der Waals surface area contributed by atoms with Crippen LogP contribution in [0.3, 0.4) is 0 Å².